The van der Waals surface area contributed by atoms with Crippen LogP contribution in [0.25, 0.3) is 5.69 Å². The smallest absolute Gasteiger partial charge is 0.0645 e. The van der Waals surface area contributed by atoms with Crippen molar-refractivity contribution in [2.75, 3.05) is 13.1 Å². The minimum Gasteiger partial charge on any atom is -0.298 e. The van der Waals surface area contributed by atoms with Gasteiger partial charge in [0.05, 0.1) is 5.69 Å². The van der Waals surface area contributed by atoms with Crippen molar-refractivity contribution in [3.8, 4) is 5.69 Å². The normalized spacial score (nSPS) is 15.6. The third-order valence-electron chi connectivity index (χ3n) is 4.22. The van der Waals surface area contributed by atoms with Crippen LogP contribution in [0.4, 0.5) is 0 Å². The van der Waals surface area contributed by atoms with Gasteiger partial charge < -0.3 is 0 Å². The third-order valence-corrected chi connectivity index (χ3v) is 4.22. The van der Waals surface area contributed by atoms with Crippen LogP contribution in [-0.2, 0) is 6.54 Å². The van der Waals surface area contributed by atoms with Crippen LogP contribution in [0, 0.1) is 0 Å². The molecule has 2 aromatic heterocycles. The lowest BCUT2D eigenvalue weighted by atomic mass is 9.92. The van der Waals surface area contributed by atoms with E-state index in [1.807, 2.05) is 35.4 Å². The number of rotatable bonds is 4. The molecule has 0 spiro atoms. The fraction of sp³-hybridized carbons (Fsp3) is 0.222. The van der Waals surface area contributed by atoms with E-state index in [1.165, 1.54) is 11.1 Å². The second-order valence-corrected chi connectivity index (χ2v) is 5.79. The molecule has 1 aromatic carbocycles. The highest BCUT2D eigenvalue weighted by atomic mass is 15.3. The number of benzene rings is 1. The lowest BCUT2D eigenvalue weighted by molar-refractivity contribution is 0.139. The highest BCUT2D eigenvalue weighted by Crippen LogP contribution is 2.27. The van der Waals surface area contributed by atoms with Crippen molar-refractivity contribution < 1.29 is 0 Å². The van der Waals surface area contributed by atoms with E-state index in [4.69, 9.17) is 0 Å². The second kappa shape index (κ2) is 5.73. The molecule has 22 heavy (non-hydrogen) atoms. The van der Waals surface area contributed by atoms with Crippen LogP contribution in [0.15, 0.2) is 67.3 Å². The molecule has 0 amide bonds. The number of likely N-dealkylation sites (tertiary alicyclic amines) is 1. The lowest BCUT2D eigenvalue weighted by Crippen LogP contribution is -2.44. The minimum atomic E-state index is 0.636. The van der Waals surface area contributed by atoms with Crippen LogP contribution in [0.1, 0.15) is 17.0 Å². The molecule has 0 radical (unpaired) electrons. The van der Waals surface area contributed by atoms with Crippen molar-refractivity contribution in [1.29, 1.82) is 0 Å². The average molecular weight is 290 g/mol. The predicted molar refractivity (Wildman–Crippen MR) is 85.8 cm³/mol. The van der Waals surface area contributed by atoms with Crippen molar-refractivity contribution >= 4 is 0 Å². The first-order valence-corrected chi connectivity index (χ1v) is 7.60. The van der Waals surface area contributed by atoms with Gasteiger partial charge in [-0.3, -0.25) is 9.88 Å². The molecule has 1 aliphatic rings. The Balaban J connectivity index is 1.35. The summed E-state index contributed by atoms with van der Waals surface area (Å²) >= 11 is 0. The Labute approximate surface area is 130 Å². The van der Waals surface area contributed by atoms with Gasteiger partial charge >= 0.3 is 0 Å². The Kier molecular flexibility index (Phi) is 3.45. The highest BCUT2D eigenvalue weighted by molar-refractivity contribution is 5.34. The molecule has 0 bridgehead atoms. The highest BCUT2D eigenvalue weighted by Gasteiger charge is 2.27. The van der Waals surface area contributed by atoms with Gasteiger partial charge in [-0.05, 0) is 35.4 Å². The first-order valence-electron chi connectivity index (χ1n) is 7.60. The van der Waals surface area contributed by atoms with Crippen molar-refractivity contribution in [2.45, 2.75) is 12.5 Å². The molecule has 4 rings (SSSR count). The molecule has 4 nitrogen and oxygen atoms in total. The summed E-state index contributed by atoms with van der Waals surface area (Å²) < 4.78 is 1.88. The number of nitrogens with zero attached hydrogens (tertiary/aromatic N) is 4. The second-order valence-electron chi connectivity index (χ2n) is 5.79. The zero-order valence-electron chi connectivity index (χ0n) is 12.3. The average Bonchev–Trinajstić information content (AvgIpc) is 3.06. The van der Waals surface area contributed by atoms with Gasteiger partial charge in [0.25, 0.3) is 0 Å². The first-order chi connectivity index (χ1) is 10.9. The maximum absolute atomic E-state index is 4.25. The fourth-order valence-corrected chi connectivity index (χ4v) is 2.96. The molecule has 3 aromatic rings. The largest absolute Gasteiger partial charge is 0.298 e. The summed E-state index contributed by atoms with van der Waals surface area (Å²) in [7, 11) is 0. The third kappa shape index (κ3) is 2.65. The van der Waals surface area contributed by atoms with Crippen LogP contribution in [0.5, 0.6) is 0 Å². The molecular weight excluding hydrogens is 272 g/mol. The van der Waals surface area contributed by atoms with Crippen molar-refractivity contribution in [1.82, 2.24) is 19.7 Å². The SMILES string of the molecule is c1cncc(C2CN(Cc3ccc(-n4cccn4)cc3)C2)c1. The lowest BCUT2D eigenvalue weighted by Gasteiger charge is -2.39. The van der Waals surface area contributed by atoms with E-state index in [0.29, 0.717) is 5.92 Å². The van der Waals surface area contributed by atoms with E-state index in [-0.39, 0.29) is 0 Å². The van der Waals surface area contributed by atoms with Gasteiger partial charge in [-0.15, -0.1) is 0 Å². The number of hydrogen-bond acceptors (Lipinski definition) is 3. The fourth-order valence-electron chi connectivity index (χ4n) is 2.96. The molecule has 1 saturated heterocycles. The summed E-state index contributed by atoms with van der Waals surface area (Å²) in [6.45, 7) is 3.25. The van der Waals surface area contributed by atoms with Crippen LogP contribution < -0.4 is 0 Å². The first kappa shape index (κ1) is 13.2. The summed E-state index contributed by atoms with van der Waals surface area (Å²) in [5.41, 5.74) is 3.80. The molecule has 0 unspecified atom stereocenters. The standard InChI is InChI=1S/C18H18N4/c1-3-16(11-19-8-1)17-13-21(14-17)12-15-4-6-18(7-5-15)22-10-2-9-20-22/h1-11,17H,12-14H2. The molecular formula is C18H18N4. The zero-order chi connectivity index (χ0) is 14.8. The number of pyridine rings is 1. The topological polar surface area (TPSA) is 34.0 Å². The van der Waals surface area contributed by atoms with Gasteiger partial charge in [0.15, 0.2) is 0 Å². The van der Waals surface area contributed by atoms with E-state index in [1.54, 1.807) is 6.20 Å². The Hall–Kier alpha value is -2.46. The Morgan fingerprint density at radius 1 is 1.00 bits per heavy atom. The molecule has 0 atom stereocenters. The molecule has 1 fully saturated rings. The minimum absolute atomic E-state index is 0.636. The molecule has 0 saturated carbocycles. The summed E-state index contributed by atoms with van der Waals surface area (Å²) in [5.74, 6) is 0.636. The Bertz CT molecular complexity index is 714. The van der Waals surface area contributed by atoms with E-state index < -0.39 is 0 Å². The molecule has 0 aliphatic carbocycles. The van der Waals surface area contributed by atoms with E-state index >= 15 is 0 Å². The van der Waals surface area contributed by atoms with Crippen molar-refractivity contribution in [3.63, 3.8) is 0 Å². The number of hydrogen-bond donors (Lipinski definition) is 0. The van der Waals surface area contributed by atoms with Gasteiger partial charge in [-0.25, -0.2) is 4.68 Å². The summed E-state index contributed by atoms with van der Waals surface area (Å²) in [5, 5.41) is 4.25. The summed E-state index contributed by atoms with van der Waals surface area (Å²) in [4.78, 5) is 6.68. The quantitative estimate of drug-likeness (QED) is 0.741. The predicted octanol–water partition coefficient (Wildman–Crippen LogP) is 2.87. The zero-order valence-corrected chi connectivity index (χ0v) is 12.3. The van der Waals surface area contributed by atoms with Crippen LogP contribution in [-0.4, -0.2) is 32.8 Å². The van der Waals surface area contributed by atoms with Gasteiger partial charge in [-0.2, -0.15) is 5.10 Å². The van der Waals surface area contributed by atoms with E-state index in [2.05, 4.69) is 45.3 Å². The molecule has 4 heteroatoms. The maximum atomic E-state index is 4.25. The van der Waals surface area contributed by atoms with E-state index in [0.717, 1.165) is 25.3 Å². The van der Waals surface area contributed by atoms with Crippen LogP contribution in [0.3, 0.4) is 0 Å². The van der Waals surface area contributed by atoms with Gasteiger partial charge in [0, 0.05) is 50.3 Å². The van der Waals surface area contributed by atoms with Crippen LogP contribution in [0.2, 0.25) is 0 Å². The van der Waals surface area contributed by atoms with Gasteiger partial charge in [-0.1, -0.05) is 18.2 Å². The van der Waals surface area contributed by atoms with Gasteiger partial charge in [0.2, 0.25) is 0 Å². The van der Waals surface area contributed by atoms with Crippen molar-refractivity contribution in [2.24, 2.45) is 0 Å². The molecule has 3 heterocycles. The van der Waals surface area contributed by atoms with Gasteiger partial charge in [0.1, 0.15) is 0 Å². The van der Waals surface area contributed by atoms with Crippen molar-refractivity contribution in [3.05, 3.63) is 78.4 Å². The molecule has 1 aliphatic heterocycles. The summed E-state index contributed by atoms with van der Waals surface area (Å²) in [6, 6.07) is 14.8. The molecule has 110 valence electrons. The van der Waals surface area contributed by atoms with Crippen LogP contribution >= 0.6 is 0 Å². The Morgan fingerprint density at radius 3 is 2.55 bits per heavy atom. The monoisotopic (exact) mass is 290 g/mol. The van der Waals surface area contributed by atoms with E-state index in [9.17, 15) is 0 Å². The summed E-state index contributed by atoms with van der Waals surface area (Å²) in [6.07, 6.45) is 7.58. The number of aromatic nitrogens is 3. The maximum Gasteiger partial charge on any atom is 0.0645 e. The Morgan fingerprint density at radius 2 is 1.86 bits per heavy atom. The molecule has 0 N–H and O–H groups in total.